The van der Waals surface area contributed by atoms with Crippen LogP contribution in [0.2, 0.25) is 0 Å². The lowest BCUT2D eigenvalue weighted by Gasteiger charge is -2.00. The molecule has 0 aliphatic carbocycles. The number of hydrogen-bond acceptors (Lipinski definition) is 2. The van der Waals surface area contributed by atoms with Gasteiger partial charge in [-0.25, -0.2) is 4.98 Å². The van der Waals surface area contributed by atoms with Crippen molar-refractivity contribution in [3.8, 4) is 0 Å². The Morgan fingerprint density at radius 3 is 2.94 bits per heavy atom. The highest BCUT2D eigenvalue weighted by molar-refractivity contribution is 5.12. The maximum atomic E-state index is 4.45. The maximum Gasteiger partial charge on any atom is 0.130 e. The van der Waals surface area contributed by atoms with Gasteiger partial charge in [0.05, 0.1) is 12.2 Å². The standard InChI is InChI=1S/C10H12N4.C2H6/c1-8-6-9-2-4-13-5-3-11-10(13)7-14(9)12-8;1-2/h3,5-6H,2,4,7H2,1H3;1-2H3. The average molecular weight is 218 g/mol. The molecule has 1 aliphatic rings. The fourth-order valence-electron chi connectivity index (χ4n) is 2.00. The molecule has 3 heterocycles. The number of aromatic nitrogens is 4. The summed E-state index contributed by atoms with van der Waals surface area (Å²) in [7, 11) is 0. The van der Waals surface area contributed by atoms with Crippen molar-refractivity contribution >= 4 is 0 Å². The molecule has 4 heteroatoms. The van der Waals surface area contributed by atoms with Crippen LogP contribution >= 0.6 is 0 Å². The third-order valence-corrected chi connectivity index (χ3v) is 2.69. The smallest absolute Gasteiger partial charge is 0.130 e. The van der Waals surface area contributed by atoms with E-state index in [0.717, 1.165) is 31.0 Å². The highest BCUT2D eigenvalue weighted by Gasteiger charge is 2.13. The summed E-state index contributed by atoms with van der Waals surface area (Å²) in [5.74, 6) is 1.10. The summed E-state index contributed by atoms with van der Waals surface area (Å²) in [4.78, 5) is 4.33. The van der Waals surface area contributed by atoms with E-state index in [1.807, 2.05) is 33.2 Å². The van der Waals surface area contributed by atoms with Crippen LogP contribution in [-0.2, 0) is 19.5 Å². The first kappa shape index (κ1) is 10.9. The van der Waals surface area contributed by atoms with Crippen molar-refractivity contribution in [3.63, 3.8) is 0 Å². The summed E-state index contributed by atoms with van der Waals surface area (Å²) >= 11 is 0. The van der Waals surface area contributed by atoms with E-state index >= 15 is 0 Å². The molecule has 0 spiro atoms. The van der Waals surface area contributed by atoms with Gasteiger partial charge in [-0.3, -0.25) is 4.68 Å². The molecule has 0 radical (unpaired) electrons. The van der Waals surface area contributed by atoms with Gasteiger partial charge in [0.2, 0.25) is 0 Å². The van der Waals surface area contributed by atoms with Crippen LogP contribution in [0.4, 0.5) is 0 Å². The number of fused-ring (bicyclic) bond motifs is 2. The Kier molecular flexibility index (Phi) is 3.08. The topological polar surface area (TPSA) is 35.6 Å². The largest absolute Gasteiger partial charge is 0.333 e. The molecule has 0 unspecified atom stereocenters. The first-order chi connectivity index (χ1) is 7.83. The minimum atomic E-state index is 0.802. The molecule has 86 valence electrons. The van der Waals surface area contributed by atoms with Crippen LogP contribution in [0, 0.1) is 6.92 Å². The van der Waals surface area contributed by atoms with E-state index in [1.54, 1.807) is 0 Å². The summed E-state index contributed by atoms with van der Waals surface area (Å²) in [6, 6.07) is 2.16. The fraction of sp³-hybridized carbons (Fsp3) is 0.500. The number of imidazole rings is 1. The van der Waals surface area contributed by atoms with E-state index in [2.05, 4.69) is 25.4 Å². The Bertz CT molecular complexity index is 467. The first-order valence-corrected chi connectivity index (χ1v) is 5.86. The van der Waals surface area contributed by atoms with E-state index in [4.69, 9.17) is 0 Å². The second kappa shape index (κ2) is 4.51. The van der Waals surface area contributed by atoms with Gasteiger partial charge in [-0.2, -0.15) is 5.10 Å². The lowest BCUT2D eigenvalue weighted by atomic mass is 10.3. The maximum absolute atomic E-state index is 4.45. The van der Waals surface area contributed by atoms with Crippen molar-refractivity contribution in [3.05, 3.63) is 35.7 Å². The van der Waals surface area contributed by atoms with Crippen molar-refractivity contribution in [2.45, 2.75) is 40.3 Å². The van der Waals surface area contributed by atoms with E-state index in [1.165, 1.54) is 5.69 Å². The lowest BCUT2D eigenvalue weighted by molar-refractivity contribution is 0.634. The average Bonchev–Trinajstić information content (AvgIpc) is 2.84. The van der Waals surface area contributed by atoms with Gasteiger partial charge in [0, 0.05) is 31.1 Å². The number of hydrogen-bond donors (Lipinski definition) is 0. The van der Waals surface area contributed by atoms with Gasteiger partial charge in [-0.15, -0.1) is 0 Å². The second-order valence-electron chi connectivity index (χ2n) is 3.72. The van der Waals surface area contributed by atoms with Gasteiger partial charge in [-0.05, 0) is 13.0 Å². The summed E-state index contributed by atoms with van der Waals surface area (Å²) in [6.45, 7) is 7.85. The monoisotopic (exact) mass is 218 g/mol. The first-order valence-electron chi connectivity index (χ1n) is 5.86. The molecule has 0 N–H and O–H groups in total. The highest BCUT2D eigenvalue weighted by Crippen LogP contribution is 2.13. The Morgan fingerprint density at radius 2 is 2.12 bits per heavy atom. The Balaban J connectivity index is 0.000000457. The summed E-state index contributed by atoms with van der Waals surface area (Å²) in [5.41, 5.74) is 2.41. The molecule has 0 bridgehead atoms. The second-order valence-corrected chi connectivity index (χ2v) is 3.72. The van der Waals surface area contributed by atoms with Crippen LogP contribution in [-0.4, -0.2) is 19.3 Å². The van der Waals surface area contributed by atoms with Crippen molar-refractivity contribution in [1.29, 1.82) is 0 Å². The van der Waals surface area contributed by atoms with Gasteiger partial charge in [0.15, 0.2) is 0 Å². The van der Waals surface area contributed by atoms with Crippen LogP contribution in [0.1, 0.15) is 31.1 Å². The molecule has 0 atom stereocenters. The van der Waals surface area contributed by atoms with Gasteiger partial charge in [0.1, 0.15) is 5.82 Å². The third kappa shape index (κ3) is 1.87. The molecule has 3 rings (SSSR count). The van der Waals surface area contributed by atoms with Gasteiger partial charge in [0.25, 0.3) is 0 Å². The molecule has 16 heavy (non-hydrogen) atoms. The SMILES string of the molecule is CC.Cc1cc2n(n1)Cc1nccn1CC2. The third-order valence-electron chi connectivity index (χ3n) is 2.69. The molecular formula is C12H18N4. The van der Waals surface area contributed by atoms with E-state index < -0.39 is 0 Å². The zero-order valence-electron chi connectivity index (χ0n) is 10.1. The van der Waals surface area contributed by atoms with Crippen LogP contribution in [0.3, 0.4) is 0 Å². The predicted molar refractivity (Wildman–Crippen MR) is 63.3 cm³/mol. The number of nitrogens with zero attached hydrogens (tertiary/aromatic N) is 4. The van der Waals surface area contributed by atoms with Crippen LogP contribution in [0.15, 0.2) is 18.5 Å². The van der Waals surface area contributed by atoms with Gasteiger partial charge < -0.3 is 4.57 Å². The molecule has 2 aromatic heterocycles. The highest BCUT2D eigenvalue weighted by atomic mass is 15.3. The minimum Gasteiger partial charge on any atom is -0.333 e. The molecule has 0 fully saturated rings. The van der Waals surface area contributed by atoms with Crippen molar-refractivity contribution < 1.29 is 0 Å². The Labute approximate surface area is 95.9 Å². The minimum absolute atomic E-state index is 0.802. The zero-order chi connectivity index (χ0) is 11.5. The lowest BCUT2D eigenvalue weighted by Crippen LogP contribution is -2.05. The Hall–Kier alpha value is -1.58. The summed E-state index contributed by atoms with van der Waals surface area (Å²) in [6.07, 6.45) is 4.94. The normalized spacial score (nSPS) is 13.2. The number of aryl methyl sites for hydroxylation is 3. The number of rotatable bonds is 0. The van der Waals surface area contributed by atoms with Crippen molar-refractivity contribution in [2.24, 2.45) is 0 Å². The van der Waals surface area contributed by atoms with Crippen molar-refractivity contribution in [1.82, 2.24) is 19.3 Å². The van der Waals surface area contributed by atoms with Gasteiger partial charge in [-0.1, -0.05) is 13.8 Å². The molecule has 0 saturated heterocycles. The Morgan fingerprint density at radius 1 is 1.31 bits per heavy atom. The summed E-state index contributed by atoms with van der Waals surface area (Å²) < 4.78 is 4.26. The molecule has 4 nitrogen and oxygen atoms in total. The van der Waals surface area contributed by atoms with Crippen molar-refractivity contribution in [2.75, 3.05) is 0 Å². The van der Waals surface area contributed by atoms with Crippen LogP contribution in [0.25, 0.3) is 0 Å². The van der Waals surface area contributed by atoms with Crippen LogP contribution < -0.4 is 0 Å². The molecule has 2 aromatic rings. The molecular weight excluding hydrogens is 200 g/mol. The van der Waals surface area contributed by atoms with E-state index in [0.29, 0.717) is 0 Å². The predicted octanol–water partition coefficient (Wildman–Crippen LogP) is 2.02. The molecule has 0 saturated carbocycles. The van der Waals surface area contributed by atoms with E-state index in [-0.39, 0.29) is 0 Å². The van der Waals surface area contributed by atoms with E-state index in [9.17, 15) is 0 Å². The fourth-order valence-corrected chi connectivity index (χ4v) is 2.00. The molecule has 0 aromatic carbocycles. The summed E-state index contributed by atoms with van der Waals surface area (Å²) in [5, 5.41) is 4.45. The zero-order valence-corrected chi connectivity index (χ0v) is 10.1. The molecule has 1 aliphatic heterocycles. The van der Waals surface area contributed by atoms with Gasteiger partial charge >= 0.3 is 0 Å². The molecule has 0 amide bonds. The van der Waals surface area contributed by atoms with Crippen LogP contribution in [0.5, 0.6) is 0 Å². The quantitative estimate of drug-likeness (QED) is 0.678.